The fourth-order valence-electron chi connectivity index (χ4n) is 5.84. The first-order valence-electron chi connectivity index (χ1n) is 18.1. The monoisotopic (exact) mass is 826 g/mol. The Hall–Kier alpha value is -3.79. The summed E-state index contributed by atoms with van der Waals surface area (Å²) in [5.74, 6) is 0.0887. The third-order valence-electron chi connectivity index (χ3n) is 8.74. The lowest BCUT2D eigenvalue weighted by Crippen LogP contribution is -2.36. The zero-order chi connectivity index (χ0) is 39.7. The van der Waals surface area contributed by atoms with E-state index in [2.05, 4.69) is 26.6 Å². The Balaban J connectivity index is 0.975. The van der Waals surface area contributed by atoms with Crippen molar-refractivity contribution in [3.05, 3.63) is 59.7 Å². The SMILES string of the molecule is NS(=O)(=O)c1ccc(C(=O)NCCCCCNC(=O)c2cccc(S(=O)(=O)OCCOCCOCCNC(=O)CCCC[C@@H]3SCC4NC(=O)NC43)c2)cc1. The Morgan fingerprint density at radius 1 is 0.745 bits per heavy atom. The molecular weight excluding hydrogens is 777 g/mol. The Labute approximate surface area is 326 Å². The van der Waals surface area contributed by atoms with Crippen molar-refractivity contribution in [3.63, 3.8) is 0 Å². The highest BCUT2D eigenvalue weighted by Gasteiger charge is 2.42. The second kappa shape index (κ2) is 22.1. The predicted molar refractivity (Wildman–Crippen MR) is 205 cm³/mol. The lowest BCUT2D eigenvalue weighted by Gasteiger charge is -2.16. The number of urea groups is 1. The molecule has 0 saturated carbocycles. The van der Waals surface area contributed by atoms with Crippen LogP contribution in [0.3, 0.4) is 0 Å². The van der Waals surface area contributed by atoms with Gasteiger partial charge in [-0.05, 0) is 74.6 Å². The zero-order valence-electron chi connectivity index (χ0n) is 30.5. The molecule has 2 fully saturated rings. The molecule has 2 heterocycles. The van der Waals surface area contributed by atoms with E-state index in [1.165, 1.54) is 48.5 Å². The minimum absolute atomic E-state index is 0.00114. The number of fused-ring (bicyclic) bond motifs is 1. The predicted octanol–water partition coefficient (Wildman–Crippen LogP) is 1.24. The first-order valence-corrected chi connectivity index (χ1v) is 22.1. The molecule has 0 spiro atoms. The number of unbranched alkanes of at least 4 members (excludes halogenated alkanes) is 3. The lowest BCUT2D eigenvalue weighted by molar-refractivity contribution is -0.121. The van der Waals surface area contributed by atoms with Crippen LogP contribution in [0.1, 0.15) is 65.7 Å². The third-order valence-corrected chi connectivity index (χ3v) is 12.5. The molecule has 2 aromatic carbocycles. The molecular formula is C35H50N6O11S3. The third kappa shape index (κ3) is 15.0. The number of hydrogen-bond acceptors (Lipinski definition) is 12. The van der Waals surface area contributed by atoms with Crippen LogP contribution in [0.4, 0.5) is 4.79 Å². The average molecular weight is 827 g/mol. The molecule has 4 rings (SSSR count). The molecule has 3 atom stereocenters. The van der Waals surface area contributed by atoms with Crippen LogP contribution >= 0.6 is 11.8 Å². The van der Waals surface area contributed by atoms with Crippen molar-refractivity contribution in [1.29, 1.82) is 0 Å². The fourth-order valence-corrected chi connectivity index (χ4v) is 8.84. The topological polar surface area (TPSA) is 250 Å². The molecule has 17 nitrogen and oxygen atoms in total. The van der Waals surface area contributed by atoms with Gasteiger partial charge in [0.25, 0.3) is 21.9 Å². The summed E-state index contributed by atoms with van der Waals surface area (Å²) < 4.78 is 63.9. The molecule has 7 N–H and O–H groups in total. The second-order valence-electron chi connectivity index (χ2n) is 12.9. The minimum Gasteiger partial charge on any atom is -0.377 e. The molecule has 0 bridgehead atoms. The van der Waals surface area contributed by atoms with Crippen molar-refractivity contribution in [3.8, 4) is 0 Å². The Morgan fingerprint density at radius 3 is 2.13 bits per heavy atom. The van der Waals surface area contributed by atoms with Crippen LogP contribution in [0.15, 0.2) is 58.3 Å². The maximum atomic E-state index is 12.7. The van der Waals surface area contributed by atoms with E-state index < -0.39 is 26.0 Å². The van der Waals surface area contributed by atoms with Crippen LogP contribution in [0.25, 0.3) is 0 Å². The highest BCUT2D eigenvalue weighted by Crippen LogP contribution is 2.33. The van der Waals surface area contributed by atoms with Gasteiger partial charge in [0.1, 0.15) is 0 Å². The van der Waals surface area contributed by atoms with Gasteiger partial charge < -0.3 is 36.1 Å². The van der Waals surface area contributed by atoms with Crippen LogP contribution in [-0.2, 0) is 38.6 Å². The number of nitrogens with two attached hydrogens (primary N) is 1. The first kappa shape index (κ1) is 43.9. The highest BCUT2D eigenvalue weighted by atomic mass is 32.2. The molecule has 2 saturated heterocycles. The van der Waals surface area contributed by atoms with Crippen LogP contribution in [0.2, 0.25) is 0 Å². The van der Waals surface area contributed by atoms with Gasteiger partial charge in [0.2, 0.25) is 15.9 Å². The number of rotatable bonds is 25. The highest BCUT2D eigenvalue weighted by molar-refractivity contribution is 8.00. The van der Waals surface area contributed by atoms with E-state index in [0.29, 0.717) is 62.7 Å². The van der Waals surface area contributed by atoms with Crippen molar-refractivity contribution in [2.24, 2.45) is 5.14 Å². The molecule has 0 aliphatic carbocycles. The van der Waals surface area contributed by atoms with Gasteiger partial charge in [0.05, 0.1) is 54.9 Å². The van der Waals surface area contributed by atoms with E-state index >= 15 is 0 Å². The van der Waals surface area contributed by atoms with Gasteiger partial charge in [0, 0.05) is 48.2 Å². The number of sulfonamides is 1. The number of thioether (sulfide) groups is 1. The van der Waals surface area contributed by atoms with Crippen molar-refractivity contribution in [2.45, 2.75) is 72.1 Å². The van der Waals surface area contributed by atoms with E-state index in [-0.39, 0.29) is 71.7 Å². The fraction of sp³-hybridized carbons (Fsp3) is 0.543. The summed E-state index contributed by atoms with van der Waals surface area (Å²) in [6, 6.07) is 11.1. The molecule has 2 aliphatic rings. The molecule has 2 aromatic rings. The number of primary sulfonamides is 1. The van der Waals surface area contributed by atoms with Crippen molar-refractivity contribution in [1.82, 2.24) is 26.6 Å². The molecule has 2 unspecified atom stereocenters. The largest absolute Gasteiger partial charge is 0.377 e. The van der Waals surface area contributed by atoms with Crippen LogP contribution < -0.4 is 31.7 Å². The summed E-state index contributed by atoms with van der Waals surface area (Å²) in [4.78, 5) is 48.2. The van der Waals surface area contributed by atoms with Gasteiger partial charge in [-0.3, -0.25) is 18.6 Å². The number of carbonyl (C=O) groups excluding carboxylic acids is 4. The van der Waals surface area contributed by atoms with Gasteiger partial charge in [0.15, 0.2) is 0 Å². The number of benzene rings is 2. The summed E-state index contributed by atoms with van der Waals surface area (Å²) in [7, 11) is -7.97. The Morgan fingerprint density at radius 2 is 1.42 bits per heavy atom. The van der Waals surface area contributed by atoms with E-state index in [4.69, 9.17) is 18.8 Å². The van der Waals surface area contributed by atoms with E-state index in [9.17, 15) is 36.0 Å². The maximum absolute atomic E-state index is 12.7. The summed E-state index contributed by atoms with van der Waals surface area (Å²) in [5, 5.41) is 19.7. The van der Waals surface area contributed by atoms with E-state index in [1.807, 2.05) is 11.8 Å². The van der Waals surface area contributed by atoms with Crippen molar-refractivity contribution in [2.75, 3.05) is 58.4 Å². The quantitative estimate of drug-likeness (QED) is 0.0470. The summed E-state index contributed by atoms with van der Waals surface area (Å²) in [6.45, 7) is 1.64. The summed E-state index contributed by atoms with van der Waals surface area (Å²) >= 11 is 1.86. The summed E-state index contributed by atoms with van der Waals surface area (Å²) in [5.41, 5.74) is 0.460. The second-order valence-corrected chi connectivity index (χ2v) is 17.3. The van der Waals surface area contributed by atoms with Crippen molar-refractivity contribution < 1.29 is 49.7 Å². The van der Waals surface area contributed by atoms with Gasteiger partial charge >= 0.3 is 6.03 Å². The van der Waals surface area contributed by atoms with Crippen LogP contribution in [-0.4, -0.2) is 116 Å². The van der Waals surface area contributed by atoms with Crippen LogP contribution in [0.5, 0.6) is 0 Å². The maximum Gasteiger partial charge on any atom is 0.315 e. The van der Waals surface area contributed by atoms with E-state index in [0.717, 1.165) is 25.0 Å². The zero-order valence-corrected chi connectivity index (χ0v) is 32.9. The summed E-state index contributed by atoms with van der Waals surface area (Å²) in [6.07, 6.45) is 5.04. The molecule has 304 valence electrons. The molecule has 2 aliphatic heterocycles. The normalized spacial score (nSPS) is 17.9. The molecule has 20 heteroatoms. The Kier molecular flexibility index (Phi) is 17.6. The van der Waals surface area contributed by atoms with E-state index in [1.54, 1.807) is 0 Å². The number of hydrogen-bond donors (Lipinski definition) is 6. The molecule has 0 aromatic heterocycles. The van der Waals surface area contributed by atoms with Gasteiger partial charge in [-0.2, -0.15) is 20.2 Å². The van der Waals surface area contributed by atoms with Gasteiger partial charge in [-0.1, -0.05) is 12.5 Å². The van der Waals surface area contributed by atoms with Gasteiger partial charge in [-0.25, -0.2) is 18.4 Å². The standard InChI is InChI=1S/C35H50N6O11S3/c36-54(46,47)27-13-11-25(12-14-27)33(43)38-15-4-1-5-16-39-34(44)26-7-6-8-28(23-26)55(48,49)52-22-21-51-20-19-50-18-17-37-31(42)10-3-2-9-30-32-29(24-53-30)40-35(45)41-32/h6-8,11-14,23,29-30,32H,1-5,9-10,15-22,24H2,(H,37,42)(H,38,43)(H,39,44)(H2,36,46,47)(H2,40,41,45)/t29?,30-,32?/m0/s1. The molecule has 5 amide bonds. The van der Waals surface area contributed by atoms with Crippen LogP contribution in [0, 0.1) is 0 Å². The van der Waals surface area contributed by atoms with Crippen molar-refractivity contribution >= 4 is 55.7 Å². The minimum atomic E-state index is -4.14. The van der Waals surface area contributed by atoms with Gasteiger partial charge in [-0.15, -0.1) is 0 Å². The lowest BCUT2D eigenvalue weighted by atomic mass is 10.0. The smallest absolute Gasteiger partial charge is 0.315 e. The number of ether oxygens (including phenoxy) is 2. The Bertz CT molecular complexity index is 1810. The number of nitrogens with one attached hydrogen (secondary N) is 5. The number of carbonyl (C=O) groups is 4. The first-order chi connectivity index (χ1) is 26.3. The average Bonchev–Trinajstić information content (AvgIpc) is 3.72. The molecule has 0 radical (unpaired) electrons. The molecule has 55 heavy (non-hydrogen) atoms. The number of amides is 5.